The molecule has 0 aliphatic carbocycles. The van der Waals surface area contributed by atoms with E-state index in [1.807, 2.05) is 0 Å². The van der Waals surface area contributed by atoms with Gasteiger partial charge >= 0.3 is 6.18 Å². The van der Waals surface area contributed by atoms with Gasteiger partial charge in [-0.05, 0) is 42.0 Å². The van der Waals surface area contributed by atoms with E-state index in [0.717, 1.165) is 24.3 Å². The number of hydrogen-bond acceptors (Lipinski definition) is 3. The van der Waals surface area contributed by atoms with Gasteiger partial charge in [0.15, 0.2) is 0 Å². The van der Waals surface area contributed by atoms with Gasteiger partial charge in [0, 0.05) is 18.0 Å². The Morgan fingerprint density at radius 2 is 1.67 bits per heavy atom. The Balaban J connectivity index is 2.09. The summed E-state index contributed by atoms with van der Waals surface area (Å²) in [5.41, 5.74) is -0.231. The number of rotatable bonds is 3. The highest BCUT2D eigenvalue weighted by atomic mass is 19.4. The second-order valence-corrected chi connectivity index (χ2v) is 4.29. The summed E-state index contributed by atoms with van der Waals surface area (Å²) in [5, 5.41) is 10.1. The molecule has 1 heterocycles. The van der Waals surface area contributed by atoms with Gasteiger partial charge in [-0.15, -0.1) is 0 Å². The molecule has 0 bridgehead atoms. The maximum Gasteiger partial charge on any atom is 0.416 e. The molecule has 2 rings (SSSR count). The molecule has 4 nitrogen and oxygen atoms in total. The first-order valence-electron chi connectivity index (χ1n) is 5.95. The van der Waals surface area contributed by atoms with Crippen LogP contribution in [0.1, 0.15) is 21.5 Å². The van der Waals surface area contributed by atoms with Gasteiger partial charge in [0.1, 0.15) is 0 Å². The van der Waals surface area contributed by atoms with Gasteiger partial charge in [-0.2, -0.15) is 13.2 Å². The van der Waals surface area contributed by atoms with E-state index in [1.54, 1.807) is 12.1 Å². The number of hydroxylamine groups is 2. The molecular formula is C14H11F3N2O2. The van der Waals surface area contributed by atoms with Gasteiger partial charge in [-0.3, -0.25) is 15.0 Å². The fourth-order valence-electron chi connectivity index (χ4n) is 1.68. The minimum Gasteiger partial charge on any atom is -0.285 e. The lowest BCUT2D eigenvalue weighted by Crippen LogP contribution is -2.27. The van der Waals surface area contributed by atoms with Crippen molar-refractivity contribution in [3.05, 3.63) is 65.5 Å². The van der Waals surface area contributed by atoms with Crippen LogP contribution in [0.2, 0.25) is 0 Å². The average molecular weight is 296 g/mol. The van der Waals surface area contributed by atoms with Crippen LogP contribution in [0.15, 0.2) is 48.8 Å². The summed E-state index contributed by atoms with van der Waals surface area (Å²) in [5.74, 6) is -0.777. The number of pyridine rings is 1. The number of nitrogens with zero attached hydrogens (tertiary/aromatic N) is 2. The topological polar surface area (TPSA) is 53.4 Å². The quantitative estimate of drug-likeness (QED) is 0.699. The van der Waals surface area contributed by atoms with Gasteiger partial charge in [0.25, 0.3) is 5.91 Å². The van der Waals surface area contributed by atoms with Crippen LogP contribution in [0, 0.1) is 0 Å². The molecule has 0 atom stereocenters. The lowest BCUT2D eigenvalue weighted by molar-refractivity contribution is -0.137. The van der Waals surface area contributed by atoms with Gasteiger partial charge < -0.3 is 0 Å². The second-order valence-electron chi connectivity index (χ2n) is 4.29. The number of carbonyl (C=O) groups excluding carboxylic acids is 1. The van der Waals surface area contributed by atoms with Crippen LogP contribution in [0.3, 0.4) is 0 Å². The molecule has 0 unspecified atom stereocenters. The smallest absolute Gasteiger partial charge is 0.285 e. The first-order chi connectivity index (χ1) is 9.88. The van der Waals surface area contributed by atoms with E-state index in [0.29, 0.717) is 10.6 Å². The number of hydrogen-bond donors (Lipinski definition) is 1. The van der Waals surface area contributed by atoms with Crippen LogP contribution in [0.5, 0.6) is 0 Å². The van der Waals surface area contributed by atoms with Crippen molar-refractivity contribution in [3.63, 3.8) is 0 Å². The summed E-state index contributed by atoms with van der Waals surface area (Å²) in [6.45, 7) is -0.0810. The molecule has 1 N–H and O–H groups in total. The van der Waals surface area contributed by atoms with Crippen LogP contribution in [0.25, 0.3) is 0 Å². The Morgan fingerprint density at radius 1 is 1.10 bits per heavy atom. The van der Waals surface area contributed by atoms with Crippen molar-refractivity contribution in [3.8, 4) is 0 Å². The lowest BCUT2D eigenvalue weighted by atomic mass is 10.1. The summed E-state index contributed by atoms with van der Waals surface area (Å²) in [6.07, 6.45) is -1.45. The van der Waals surface area contributed by atoms with Crippen LogP contribution < -0.4 is 0 Å². The summed E-state index contributed by atoms with van der Waals surface area (Å²) < 4.78 is 37.2. The van der Waals surface area contributed by atoms with Gasteiger partial charge in [0.2, 0.25) is 0 Å². The number of amides is 1. The Hall–Kier alpha value is -2.41. The fraction of sp³-hybridized carbons (Fsp3) is 0.143. The minimum atomic E-state index is -4.46. The molecular weight excluding hydrogens is 285 g/mol. The number of benzene rings is 1. The predicted octanol–water partition coefficient (Wildman–Crippen LogP) is 3.13. The Labute approximate surface area is 118 Å². The zero-order chi connectivity index (χ0) is 15.5. The van der Waals surface area contributed by atoms with Crippen LogP contribution in [0.4, 0.5) is 13.2 Å². The van der Waals surface area contributed by atoms with E-state index >= 15 is 0 Å². The number of halogens is 3. The zero-order valence-electron chi connectivity index (χ0n) is 10.7. The van der Waals surface area contributed by atoms with Crippen molar-refractivity contribution < 1.29 is 23.2 Å². The number of carbonyl (C=O) groups is 1. The first-order valence-corrected chi connectivity index (χ1v) is 5.95. The SMILES string of the molecule is O=C(c1ccc(C(F)(F)F)cc1)N(O)Cc1ccncc1. The molecule has 0 aliphatic rings. The summed E-state index contributed by atoms with van der Waals surface area (Å²) in [6, 6.07) is 6.88. The van der Waals surface area contributed by atoms with Gasteiger partial charge in [-0.1, -0.05) is 0 Å². The molecule has 0 saturated heterocycles. The molecule has 7 heteroatoms. The third kappa shape index (κ3) is 3.79. The average Bonchev–Trinajstić information content (AvgIpc) is 2.46. The molecule has 0 saturated carbocycles. The summed E-state index contributed by atoms with van der Waals surface area (Å²) in [4.78, 5) is 15.7. The highest BCUT2D eigenvalue weighted by molar-refractivity contribution is 5.93. The minimum absolute atomic E-state index is 0.0282. The second kappa shape index (κ2) is 5.92. The largest absolute Gasteiger partial charge is 0.416 e. The van der Waals surface area contributed by atoms with Crippen LogP contribution in [-0.2, 0) is 12.7 Å². The van der Waals surface area contributed by atoms with Crippen LogP contribution >= 0.6 is 0 Å². The Bertz CT molecular complexity index is 612. The van der Waals surface area contributed by atoms with E-state index in [1.165, 1.54) is 12.4 Å². The fourth-order valence-corrected chi connectivity index (χ4v) is 1.68. The maximum atomic E-state index is 12.4. The third-order valence-corrected chi connectivity index (χ3v) is 2.78. The monoisotopic (exact) mass is 296 g/mol. The predicted molar refractivity (Wildman–Crippen MR) is 67.3 cm³/mol. The Kier molecular flexibility index (Phi) is 4.23. The molecule has 2 aromatic rings. The lowest BCUT2D eigenvalue weighted by Gasteiger charge is -2.15. The van der Waals surface area contributed by atoms with Gasteiger partial charge in [-0.25, -0.2) is 5.06 Å². The highest BCUT2D eigenvalue weighted by Crippen LogP contribution is 2.29. The summed E-state index contributed by atoms with van der Waals surface area (Å²) in [7, 11) is 0. The van der Waals surface area contributed by atoms with Crippen molar-refractivity contribution in [1.29, 1.82) is 0 Å². The zero-order valence-corrected chi connectivity index (χ0v) is 10.7. The van der Waals surface area contributed by atoms with E-state index in [9.17, 15) is 23.2 Å². The van der Waals surface area contributed by atoms with E-state index < -0.39 is 17.6 Å². The van der Waals surface area contributed by atoms with E-state index in [-0.39, 0.29) is 12.1 Å². The number of aromatic nitrogens is 1. The molecule has 0 fully saturated rings. The van der Waals surface area contributed by atoms with Crippen molar-refractivity contribution >= 4 is 5.91 Å². The summed E-state index contributed by atoms with van der Waals surface area (Å²) >= 11 is 0. The van der Waals surface area contributed by atoms with Crippen molar-refractivity contribution in [2.24, 2.45) is 0 Å². The molecule has 0 aliphatic heterocycles. The molecule has 21 heavy (non-hydrogen) atoms. The number of alkyl halides is 3. The molecule has 0 spiro atoms. The van der Waals surface area contributed by atoms with E-state index in [2.05, 4.69) is 4.98 Å². The standard InChI is InChI=1S/C14H11F3N2O2/c15-14(16,17)12-3-1-11(2-4-12)13(20)19(21)9-10-5-7-18-8-6-10/h1-8,21H,9H2. The molecule has 1 aromatic heterocycles. The van der Waals surface area contributed by atoms with Crippen molar-refractivity contribution in [2.75, 3.05) is 0 Å². The van der Waals surface area contributed by atoms with Gasteiger partial charge in [0.05, 0.1) is 12.1 Å². The molecule has 1 aromatic carbocycles. The maximum absolute atomic E-state index is 12.4. The third-order valence-electron chi connectivity index (χ3n) is 2.78. The first kappa shape index (κ1) is 15.0. The van der Waals surface area contributed by atoms with E-state index in [4.69, 9.17) is 0 Å². The Morgan fingerprint density at radius 3 is 2.19 bits per heavy atom. The normalized spacial score (nSPS) is 11.2. The van der Waals surface area contributed by atoms with Crippen molar-refractivity contribution in [1.82, 2.24) is 10.0 Å². The molecule has 110 valence electrons. The van der Waals surface area contributed by atoms with Crippen LogP contribution in [-0.4, -0.2) is 21.2 Å². The molecule has 1 amide bonds. The highest BCUT2D eigenvalue weighted by Gasteiger charge is 2.30. The van der Waals surface area contributed by atoms with Crippen molar-refractivity contribution in [2.45, 2.75) is 12.7 Å². The molecule has 0 radical (unpaired) electrons.